The maximum Gasteiger partial charge on any atom is 0.237 e. The minimum atomic E-state index is 0.366. The highest BCUT2D eigenvalue weighted by Gasteiger charge is 2.31. The van der Waals surface area contributed by atoms with Crippen molar-refractivity contribution >= 4 is 5.91 Å². The first kappa shape index (κ1) is 16.8. The van der Waals surface area contributed by atoms with Crippen molar-refractivity contribution in [2.24, 2.45) is 0 Å². The molecule has 2 aliphatic rings. The van der Waals surface area contributed by atoms with Crippen LogP contribution in [0.15, 0.2) is 0 Å². The molecule has 3 heteroatoms. The molecule has 2 saturated carbocycles. The summed E-state index contributed by atoms with van der Waals surface area (Å²) < 4.78 is 0. The molecule has 0 atom stereocenters. The van der Waals surface area contributed by atoms with Gasteiger partial charge in [-0.15, -0.1) is 0 Å². The number of nitrogens with one attached hydrogen (secondary N) is 1. The average Bonchev–Trinajstić information content (AvgIpc) is 2.54. The highest BCUT2D eigenvalue weighted by molar-refractivity contribution is 5.79. The Bertz CT molecular complexity index is 276. The van der Waals surface area contributed by atoms with Crippen molar-refractivity contribution in [3.05, 3.63) is 0 Å². The van der Waals surface area contributed by atoms with Crippen LogP contribution in [0.1, 0.15) is 84.0 Å². The largest absolute Gasteiger partial charge is 0.336 e. The van der Waals surface area contributed by atoms with Gasteiger partial charge in [0.05, 0.1) is 6.54 Å². The van der Waals surface area contributed by atoms with E-state index in [9.17, 15) is 4.79 Å². The number of carbonyl (C=O) groups is 1. The summed E-state index contributed by atoms with van der Waals surface area (Å²) in [6, 6.07) is 1.06. The molecule has 2 aliphatic carbocycles. The standard InChI is InChI=1S/C18H34N2O/c1-2-3-14-19-15-18(21)20(16-10-6-4-7-11-16)17-12-8-5-9-13-17/h16-17,19H,2-15H2,1H3. The molecule has 122 valence electrons. The second-order valence-corrected chi connectivity index (χ2v) is 6.92. The first-order valence-corrected chi connectivity index (χ1v) is 9.34. The third-order valence-electron chi connectivity index (χ3n) is 5.21. The van der Waals surface area contributed by atoms with E-state index in [-0.39, 0.29) is 0 Å². The fourth-order valence-corrected chi connectivity index (χ4v) is 4.01. The van der Waals surface area contributed by atoms with Gasteiger partial charge in [-0.3, -0.25) is 4.79 Å². The predicted molar refractivity (Wildman–Crippen MR) is 88.4 cm³/mol. The summed E-state index contributed by atoms with van der Waals surface area (Å²) in [5.74, 6) is 0.366. The molecule has 0 aromatic rings. The lowest BCUT2D eigenvalue weighted by atomic mass is 9.88. The van der Waals surface area contributed by atoms with Crippen LogP contribution < -0.4 is 5.32 Å². The van der Waals surface area contributed by atoms with Gasteiger partial charge in [0.15, 0.2) is 0 Å². The monoisotopic (exact) mass is 294 g/mol. The van der Waals surface area contributed by atoms with Gasteiger partial charge in [0.2, 0.25) is 5.91 Å². The van der Waals surface area contributed by atoms with Crippen molar-refractivity contribution in [3.8, 4) is 0 Å². The van der Waals surface area contributed by atoms with Gasteiger partial charge in [-0.1, -0.05) is 51.9 Å². The molecule has 0 saturated heterocycles. The summed E-state index contributed by atoms with van der Waals surface area (Å²) in [5.41, 5.74) is 0. The molecule has 0 unspecified atom stereocenters. The highest BCUT2D eigenvalue weighted by atomic mass is 16.2. The van der Waals surface area contributed by atoms with E-state index in [1.807, 2.05) is 0 Å². The third kappa shape index (κ3) is 5.28. The maximum absolute atomic E-state index is 12.8. The Hall–Kier alpha value is -0.570. The van der Waals surface area contributed by atoms with E-state index in [0.717, 1.165) is 6.54 Å². The van der Waals surface area contributed by atoms with Crippen LogP contribution in [-0.2, 0) is 4.79 Å². The minimum absolute atomic E-state index is 0.366. The first-order chi connectivity index (χ1) is 10.3. The van der Waals surface area contributed by atoms with Crippen molar-refractivity contribution in [2.75, 3.05) is 13.1 Å². The molecule has 0 spiro atoms. The lowest BCUT2D eigenvalue weighted by molar-refractivity contribution is -0.137. The Kier molecular flexibility index (Phi) is 7.56. The molecular weight excluding hydrogens is 260 g/mol. The predicted octanol–water partition coefficient (Wildman–Crippen LogP) is 3.87. The smallest absolute Gasteiger partial charge is 0.237 e. The Balaban J connectivity index is 1.91. The number of hydrogen-bond acceptors (Lipinski definition) is 2. The van der Waals surface area contributed by atoms with Crippen LogP contribution >= 0.6 is 0 Å². The number of rotatable bonds is 7. The molecule has 2 rings (SSSR count). The van der Waals surface area contributed by atoms with E-state index in [1.165, 1.54) is 77.0 Å². The van der Waals surface area contributed by atoms with Crippen molar-refractivity contribution in [1.29, 1.82) is 0 Å². The van der Waals surface area contributed by atoms with Crippen molar-refractivity contribution in [2.45, 2.75) is 96.1 Å². The molecule has 3 nitrogen and oxygen atoms in total. The second kappa shape index (κ2) is 9.45. The topological polar surface area (TPSA) is 32.3 Å². The maximum atomic E-state index is 12.8. The molecule has 0 bridgehead atoms. The number of nitrogens with zero attached hydrogens (tertiary/aromatic N) is 1. The van der Waals surface area contributed by atoms with Gasteiger partial charge >= 0.3 is 0 Å². The lowest BCUT2D eigenvalue weighted by Crippen LogP contribution is -2.51. The molecule has 0 aliphatic heterocycles. The van der Waals surface area contributed by atoms with E-state index >= 15 is 0 Å². The fourth-order valence-electron chi connectivity index (χ4n) is 4.01. The van der Waals surface area contributed by atoms with Crippen LogP contribution in [0.2, 0.25) is 0 Å². The molecule has 2 fully saturated rings. The Morgan fingerprint density at radius 2 is 1.48 bits per heavy atom. The van der Waals surface area contributed by atoms with E-state index in [4.69, 9.17) is 0 Å². The van der Waals surface area contributed by atoms with E-state index < -0.39 is 0 Å². The summed E-state index contributed by atoms with van der Waals surface area (Å²) >= 11 is 0. The zero-order chi connectivity index (χ0) is 14.9. The van der Waals surface area contributed by atoms with Crippen LogP contribution in [0.3, 0.4) is 0 Å². The van der Waals surface area contributed by atoms with Crippen molar-refractivity contribution < 1.29 is 4.79 Å². The zero-order valence-corrected chi connectivity index (χ0v) is 13.9. The molecule has 0 aromatic carbocycles. The van der Waals surface area contributed by atoms with E-state index in [1.54, 1.807) is 0 Å². The Morgan fingerprint density at radius 3 is 1.95 bits per heavy atom. The van der Waals surface area contributed by atoms with Crippen molar-refractivity contribution in [3.63, 3.8) is 0 Å². The van der Waals surface area contributed by atoms with Gasteiger partial charge < -0.3 is 10.2 Å². The molecule has 21 heavy (non-hydrogen) atoms. The lowest BCUT2D eigenvalue weighted by Gasteiger charge is -2.42. The number of carbonyl (C=O) groups excluding carboxylic acids is 1. The Morgan fingerprint density at radius 1 is 0.952 bits per heavy atom. The highest BCUT2D eigenvalue weighted by Crippen LogP contribution is 2.30. The second-order valence-electron chi connectivity index (χ2n) is 6.92. The third-order valence-corrected chi connectivity index (χ3v) is 5.21. The zero-order valence-electron chi connectivity index (χ0n) is 13.9. The van der Waals surface area contributed by atoms with Gasteiger partial charge in [0.25, 0.3) is 0 Å². The van der Waals surface area contributed by atoms with Crippen LogP contribution in [0, 0.1) is 0 Å². The van der Waals surface area contributed by atoms with Gasteiger partial charge in [-0.25, -0.2) is 0 Å². The number of unbranched alkanes of at least 4 members (excludes halogenated alkanes) is 1. The SMILES string of the molecule is CCCCNCC(=O)N(C1CCCCC1)C1CCCCC1. The summed E-state index contributed by atoms with van der Waals surface area (Å²) in [6.07, 6.45) is 15.2. The van der Waals surface area contributed by atoms with Crippen LogP contribution in [0.4, 0.5) is 0 Å². The fraction of sp³-hybridized carbons (Fsp3) is 0.944. The molecule has 0 aromatic heterocycles. The number of amides is 1. The molecule has 1 N–H and O–H groups in total. The van der Waals surface area contributed by atoms with Crippen molar-refractivity contribution in [1.82, 2.24) is 10.2 Å². The molecule has 1 amide bonds. The summed E-state index contributed by atoms with van der Waals surface area (Å²) in [4.78, 5) is 15.1. The van der Waals surface area contributed by atoms with Gasteiger partial charge in [-0.05, 0) is 38.6 Å². The normalized spacial score (nSPS) is 21.4. The molecule has 0 heterocycles. The molecule has 0 radical (unpaired) electrons. The van der Waals surface area contributed by atoms with Gasteiger partial charge in [-0.2, -0.15) is 0 Å². The summed E-state index contributed by atoms with van der Waals surface area (Å²) in [5, 5.41) is 3.35. The summed E-state index contributed by atoms with van der Waals surface area (Å²) in [6.45, 7) is 3.72. The van der Waals surface area contributed by atoms with E-state index in [0.29, 0.717) is 24.5 Å². The average molecular weight is 294 g/mol. The van der Waals surface area contributed by atoms with E-state index in [2.05, 4.69) is 17.1 Å². The minimum Gasteiger partial charge on any atom is -0.336 e. The van der Waals surface area contributed by atoms with Gasteiger partial charge in [0, 0.05) is 12.1 Å². The Labute approximate surface area is 130 Å². The summed E-state index contributed by atoms with van der Waals surface area (Å²) in [7, 11) is 0. The van der Waals surface area contributed by atoms with Crippen LogP contribution in [0.5, 0.6) is 0 Å². The first-order valence-electron chi connectivity index (χ1n) is 9.34. The van der Waals surface area contributed by atoms with Crippen LogP contribution in [-0.4, -0.2) is 36.0 Å². The molecular formula is C18H34N2O. The van der Waals surface area contributed by atoms with Gasteiger partial charge in [0.1, 0.15) is 0 Å². The van der Waals surface area contributed by atoms with Crippen LogP contribution in [0.25, 0.3) is 0 Å². The number of hydrogen-bond donors (Lipinski definition) is 1. The quantitative estimate of drug-likeness (QED) is 0.723.